The van der Waals surface area contributed by atoms with E-state index >= 15 is 0 Å². The van der Waals surface area contributed by atoms with Gasteiger partial charge in [-0.25, -0.2) is 4.79 Å². The molecule has 4 rings (SSSR count). The summed E-state index contributed by atoms with van der Waals surface area (Å²) in [5, 5.41) is 0. The molecule has 4 fully saturated rings. The van der Waals surface area contributed by atoms with Crippen LogP contribution in [-0.4, -0.2) is 18.4 Å². The molecule has 0 unspecified atom stereocenters. The van der Waals surface area contributed by atoms with Crippen molar-refractivity contribution >= 4 is 6.16 Å². The molecule has 6 atom stereocenters. The van der Waals surface area contributed by atoms with Gasteiger partial charge in [0.15, 0.2) is 0 Å². The summed E-state index contributed by atoms with van der Waals surface area (Å²) in [6.45, 7) is 0. The second-order valence-electron chi connectivity index (χ2n) is 6.18. The SMILES string of the molecule is O=C(O[C@@H]1C[C@@H]2C[C@@H]2C1)O[C@@H]1C[C@@H]2C[C@@H]2C1. The van der Waals surface area contributed by atoms with Crippen LogP contribution in [0.1, 0.15) is 38.5 Å². The predicted octanol–water partition coefficient (Wildman–Crippen LogP) is 2.74. The summed E-state index contributed by atoms with van der Waals surface area (Å²) in [6, 6.07) is 0. The number of carbonyl (C=O) groups excluding carboxylic acids is 1. The van der Waals surface area contributed by atoms with Gasteiger partial charge in [0.1, 0.15) is 12.2 Å². The van der Waals surface area contributed by atoms with E-state index in [1.165, 1.54) is 12.8 Å². The van der Waals surface area contributed by atoms with Gasteiger partial charge in [0.05, 0.1) is 0 Å². The van der Waals surface area contributed by atoms with Gasteiger partial charge in [-0.2, -0.15) is 0 Å². The molecular formula is C13H18O3. The minimum Gasteiger partial charge on any atom is -0.431 e. The van der Waals surface area contributed by atoms with E-state index in [2.05, 4.69) is 0 Å². The Morgan fingerprint density at radius 3 is 1.44 bits per heavy atom. The minimum absolute atomic E-state index is 0.159. The lowest BCUT2D eigenvalue weighted by atomic mass is 10.2. The van der Waals surface area contributed by atoms with E-state index < -0.39 is 6.16 Å². The summed E-state index contributed by atoms with van der Waals surface area (Å²) in [6.07, 6.45) is 6.95. The van der Waals surface area contributed by atoms with Crippen molar-refractivity contribution in [2.24, 2.45) is 23.7 Å². The number of rotatable bonds is 2. The van der Waals surface area contributed by atoms with Crippen molar-refractivity contribution in [1.82, 2.24) is 0 Å². The van der Waals surface area contributed by atoms with E-state index in [1.807, 2.05) is 0 Å². The topological polar surface area (TPSA) is 35.5 Å². The van der Waals surface area contributed by atoms with Crippen molar-refractivity contribution in [3.8, 4) is 0 Å². The van der Waals surface area contributed by atoms with Crippen LogP contribution in [0.5, 0.6) is 0 Å². The van der Waals surface area contributed by atoms with Crippen molar-refractivity contribution in [2.45, 2.75) is 50.7 Å². The zero-order chi connectivity index (χ0) is 10.7. The molecule has 4 saturated carbocycles. The molecule has 0 N–H and O–H groups in total. The highest BCUT2D eigenvalue weighted by molar-refractivity contribution is 5.60. The molecule has 0 amide bonds. The zero-order valence-electron chi connectivity index (χ0n) is 9.43. The first-order valence-corrected chi connectivity index (χ1v) is 6.65. The van der Waals surface area contributed by atoms with Crippen LogP contribution in [0.25, 0.3) is 0 Å². The Bertz CT molecular complexity index is 277. The fourth-order valence-electron chi connectivity index (χ4n) is 3.81. The summed E-state index contributed by atoms with van der Waals surface area (Å²) in [7, 11) is 0. The molecule has 16 heavy (non-hydrogen) atoms. The number of hydrogen-bond acceptors (Lipinski definition) is 3. The Balaban J connectivity index is 1.23. The standard InChI is InChI=1S/C13H18O3/c14-13(15-11-3-7-1-8(7)4-11)16-12-5-9-2-10(9)6-12/h7-12H,1-6H2/t7-,8+,9-,10+,11+,12+. The van der Waals surface area contributed by atoms with E-state index in [1.54, 1.807) is 0 Å². The first-order valence-electron chi connectivity index (χ1n) is 6.65. The molecule has 4 aliphatic carbocycles. The first-order chi connectivity index (χ1) is 7.78. The highest BCUT2D eigenvalue weighted by Gasteiger charge is 2.49. The maximum Gasteiger partial charge on any atom is 0.508 e. The zero-order valence-corrected chi connectivity index (χ0v) is 9.43. The van der Waals surface area contributed by atoms with Gasteiger partial charge in [-0.05, 0) is 62.2 Å². The van der Waals surface area contributed by atoms with Crippen LogP contribution in [0.3, 0.4) is 0 Å². The van der Waals surface area contributed by atoms with Crippen molar-refractivity contribution < 1.29 is 14.3 Å². The van der Waals surface area contributed by atoms with Gasteiger partial charge in [0.25, 0.3) is 0 Å². The molecule has 0 radical (unpaired) electrons. The van der Waals surface area contributed by atoms with E-state index in [0.717, 1.165) is 49.4 Å². The number of carbonyl (C=O) groups is 1. The second-order valence-corrected chi connectivity index (χ2v) is 6.18. The smallest absolute Gasteiger partial charge is 0.431 e. The molecule has 0 spiro atoms. The summed E-state index contributed by atoms with van der Waals surface area (Å²) in [5.74, 6) is 3.43. The highest BCUT2D eigenvalue weighted by Crippen LogP contribution is 2.53. The molecule has 0 heterocycles. The van der Waals surface area contributed by atoms with Gasteiger partial charge >= 0.3 is 6.16 Å². The van der Waals surface area contributed by atoms with Crippen LogP contribution in [-0.2, 0) is 9.47 Å². The highest BCUT2D eigenvalue weighted by atomic mass is 16.7. The van der Waals surface area contributed by atoms with Gasteiger partial charge in [-0.1, -0.05) is 0 Å². The fraction of sp³-hybridized carbons (Fsp3) is 0.923. The van der Waals surface area contributed by atoms with Crippen LogP contribution in [0.2, 0.25) is 0 Å². The largest absolute Gasteiger partial charge is 0.508 e. The van der Waals surface area contributed by atoms with Crippen molar-refractivity contribution in [2.75, 3.05) is 0 Å². The Morgan fingerprint density at radius 2 is 1.06 bits per heavy atom. The molecule has 0 aliphatic heterocycles. The van der Waals surface area contributed by atoms with E-state index in [4.69, 9.17) is 9.47 Å². The maximum absolute atomic E-state index is 11.6. The molecule has 3 heteroatoms. The lowest BCUT2D eigenvalue weighted by Crippen LogP contribution is -2.22. The number of hydrogen-bond donors (Lipinski definition) is 0. The van der Waals surface area contributed by atoms with Gasteiger partial charge in [0, 0.05) is 0 Å². The molecule has 0 bridgehead atoms. The summed E-state index contributed by atoms with van der Waals surface area (Å²) < 4.78 is 10.7. The third-order valence-electron chi connectivity index (χ3n) is 4.93. The van der Waals surface area contributed by atoms with E-state index in [0.29, 0.717) is 0 Å². The van der Waals surface area contributed by atoms with Crippen molar-refractivity contribution in [3.05, 3.63) is 0 Å². The lowest BCUT2D eigenvalue weighted by Gasteiger charge is -2.17. The Hall–Kier alpha value is -0.730. The average Bonchev–Trinajstić information content (AvgIpc) is 3.05. The molecule has 0 aromatic carbocycles. The van der Waals surface area contributed by atoms with Gasteiger partial charge < -0.3 is 9.47 Å². The monoisotopic (exact) mass is 222 g/mol. The average molecular weight is 222 g/mol. The molecule has 0 aromatic heterocycles. The number of fused-ring (bicyclic) bond motifs is 2. The molecule has 3 nitrogen and oxygen atoms in total. The minimum atomic E-state index is -0.405. The van der Waals surface area contributed by atoms with E-state index in [-0.39, 0.29) is 12.2 Å². The summed E-state index contributed by atoms with van der Waals surface area (Å²) >= 11 is 0. The van der Waals surface area contributed by atoms with Crippen LogP contribution in [0.15, 0.2) is 0 Å². The number of ether oxygens (including phenoxy) is 2. The summed E-state index contributed by atoms with van der Waals surface area (Å²) in [5.41, 5.74) is 0. The van der Waals surface area contributed by atoms with Gasteiger partial charge in [0.2, 0.25) is 0 Å². The summed E-state index contributed by atoms with van der Waals surface area (Å²) in [4.78, 5) is 11.6. The van der Waals surface area contributed by atoms with Crippen molar-refractivity contribution in [3.63, 3.8) is 0 Å². The molecule has 4 aliphatic rings. The quantitative estimate of drug-likeness (QED) is 0.674. The normalized spacial score (nSPS) is 51.8. The Morgan fingerprint density at radius 1 is 0.688 bits per heavy atom. The molecule has 0 aromatic rings. The van der Waals surface area contributed by atoms with Crippen LogP contribution in [0, 0.1) is 23.7 Å². The van der Waals surface area contributed by atoms with Crippen LogP contribution < -0.4 is 0 Å². The first kappa shape index (κ1) is 9.32. The third kappa shape index (κ3) is 1.61. The Labute approximate surface area is 95.5 Å². The van der Waals surface area contributed by atoms with Gasteiger partial charge in [-0.15, -0.1) is 0 Å². The lowest BCUT2D eigenvalue weighted by molar-refractivity contribution is -0.00372. The predicted molar refractivity (Wildman–Crippen MR) is 56.8 cm³/mol. The van der Waals surface area contributed by atoms with Crippen LogP contribution >= 0.6 is 0 Å². The molecule has 0 saturated heterocycles. The fourth-order valence-corrected chi connectivity index (χ4v) is 3.81. The van der Waals surface area contributed by atoms with Crippen molar-refractivity contribution in [1.29, 1.82) is 0 Å². The molecule has 88 valence electrons. The van der Waals surface area contributed by atoms with Gasteiger partial charge in [-0.3, -0.25) is 0 Å². The maximum atomic E-state index is 11.6. The Kier molecular flexibility index (Phi) is 1.83. The second kappa shape index (κ2) is 3.14. The third-order valence-corrected chi connectivity index (χ3v) is 4.93. The van der Waals surface area contributed by atoms with E-state index in [9.17, 15) is 4.79 Å². The van der Waals surface area contributed by atoms with Crippen LogP contribution in [0.4, 0.5) is 4.79 Å². The molecular weight excluding hydrogens is 204 g/mol.